The van der Waals surface area contributed by atoms with E-state index in [0.29, 0.717) is 11.3 Å². The molecule has 0 aliphatic rings. The van der Waals surface area contributed by atoms with Crippen molar-refractivity contribution in [1.29, 1.82) is 0 Å². The van der Waals surface area contributed by atoms with Crippen LogP contribution in [-0.4, -0.2) is 11.1 Å². The summed E-state index contributed by atoms with van der Waals surface area (Å²) in [5, 5.41) is 0.338. The second kappa shape index (κ2) is 5.12. The van der Waals surface area contributed by atoms with Gasteiger partial charge >= 0.3 is 0 Å². The van der Waals surface area contributed by atoms with E-state index in [1.54, 1.807) is 0 Å². The Bertz CT molecular complexity index is 63.9. The second-order valence-electron chi connectivity index (χ2n) is 2.58. The highest BCUT2D eigenvalue weighted by molar-refractivity contribution is 7.99. The summed E-state index contributed by atoms with van der Waals surface area (Å²) in [6, 6.07) is 0. The highest BCUT2D eigenvalue weighted by Gasteiger charge is 2.05. The summed E-state index contributed by atoms with van der Waals surface area (Å²) in [6.45, 7) is 6.50. The third-order valence-electron chi connectivity index (χ3n) is 1.17. The van der Waals surface area contributed by atoms with E-state index in [4.69, 9.17) is 5.73 Å². The van der Waals surface area contributed by atoms with Gasteiger partial charge < -0.3 is 5.73 Å². The first-order valence-electron chi connectivity index (χ1n) is 3.55. The molecule has 0 bridgehead atoms. The maximum atomic E-state index is 5.77. The predicted octanol–water partition coefficient (Wildman–Crippen LogP) is 2.07. The molecule has 0 spiro atoms. The third-order valence-corrected chi connectivity index (χ3v) is 2.74. The summed E-state index contributed by atoms with van der Waals surface area (Å²) in [4.78, 5) is 0. The first-order valence-corrected chi connectivity index (χ1v) is 4.60. The molecule has 1 atom stereocenters. The van der Waals surface area contributed by atoms with E-state index >= 15 is 0 Å². The lowest BCUT2D eigenvalue weighted by atomic mass is 10.2. The topological polar surface area (TPSA) is 26.0 Å². The molecular formula is C7H17NS. The molecule has 0 aliphatic heterocycles. The smallest absolute Gasteiger partial charge is 0.0530 e. The van der Waals surface area contributed by atoms with Gasteiger partial charge in [-0.1, -0.05) is 20.8 Å². The van der Waals surface area contributed by atoms with Crippen LogP contribution in [0.5, 0.6) is 0 Å². The van der Waals surface area contributed by atoms with Crippen molar-refractivity contribution >= 4 is 11.8 Å². The molecule has 0 aliphatic carbocycles. The predicted molar refractivity (Wildman–Crippen MR) is 45.6 cm³/mol. The summed E-state index contributed by atoms with van der Waals surface area (Å²) in [6.07, 6.45) is 1.23. The molecule has 0 aromatic carbocycles. The number of rotatable bonds is 4. The molecule has 9 heavy (non-hydrogen) atoms. The number of nitrogens with two attached hydrogens (primary N) is 1. The van der Waals surface area contributed by atoms with Gasteiger partial charge in [0.05, 0.1) is 5.37 Å². The Labute approximate surface area is 62.4 Å². The van der Waals surface area contributed by atoms with Crippen molar-refractivity contribution in [3.63, 3.8) is 0 Å². The lowest BCUT2D eigenvalue weighted by Crippen LogP contribution is -2.22. The second-order valence-corrected chi connectivity index (χ2v) is 3.87. The van der Waals surface area contributed by atoms with E-state index in [1.807, 2.05) is 11.8 Å². The summed E-state index contributed by atoms with van der Waals surface area (Å²) in [5.41, 5.74) is 5.77. The van der Waals surface area contributed by atoms with Crippen LogP contribution in [0.4, 0.5) is 0 Å². The van der Waals surface area contributed by atoms with Gasteiger partial charge in [-0.25, -0.2) is 0 Å². The zero-order valence-electron chi connectivity index (χ0n) is 6.55. The van der Waals surface area contributed by atoms with Crippen LogP contribution in [0.15, 0.2) is 0 Å². The molecule has 0 saturated carbocycles. The number of hydrogen-bond donors (Lipinski definition) is 1. The maximum Gasteiger partial charge on any atom is 0.0530 e. The quantitative estimate of drug-likeness (QED) is 0.616. The molecule has 0 fully saturated rings. The first kappa shape index (κ1) is 9.31. The van der Waals surface area contributed by atoms with Crippen LogP contribution in [0, 0.1) is 5.92 Å². The van der Waals surface area contributed by atoms with Crippen LogP contribution >= 0.6 is 11.8 Å². The SMILES string of the molecule is CCCSC(N)C(C)C. The van der Waals surface area contributed by atoms with Gasteiger partial charge in [0.15, 0.2) is 0 Å². The van der Waals surface area contributed by atoms with Gasteiger partial charge in [0.2, 0.25) is 0 Å². The van der Waals surface area contributed by atoms with E-state index in [1.165, 1.54) is 12.2 Å². The molecule has 2 heteroatoms. The number of hydrogen-bond acceptors (Lipinski definition) is 2. The Kier molecular flexibility index (Phi) is 5.30. The molecule has 2 N–H and O–H groups in total. The molecule has 1 unspecified atom stereocenters. The van der Waals surface area contributed by atoms with Gasteiger partial charge in [-0.3, -0.25) is 0 Å². The Morgan fingerprint density at radius 1 is 1.44 bits per heavy atom. The van der Waals surface area contributed by atoms with Crippen LogP contribution in [0.2, 0.25) is 0 Å². The largest absolute Gasteiger partial charge is 0.319 e. The lowest BCUT2D eigenvalue weighted by molar-refractivity contribution is 0.623. The zero-order valence-corrected chi connectivity index (χ0v) is 7.37. The first-order chi connectivity index (χ1) is 4.18. The molecule has 0 heterocycles. The van der Waals surface area contributed by atoms with Gasteiger partial charge in [-0.05, 0) is 18.1 Å². The molecule has 1 nitrogen and oxygen atoms in total. The Morgan fingerprint density at radius 2 is 2.00 bits per heavy atom. The number of thioether (sulfide) groups is 1. The van der Waals surface area contributed by atoms with Gasteiger partial charge in [-0.15, -0.1) is 11.8 Å². The van der Waals surface area contributed by atoms with Crippen LogP contribution < -0.4 is 5.73 Å². The van der Waals surface area contributed by atoms with Crippen molar-refractivity contribution in [2.24, 2.45) is 11.7 Å². The van der Waals surface area contributed by atoms with Gasteiger partial charge in [0, 0.05) is 0 Å². The van der Waals surface area contributed by atoms with Crippen molar-refractivity contribution in [3.05, 3.63) is 0 Å². The van der Waals surface area contributed by atoms with E-state index in [9.17, 15) is 0 Å². The van der Waals surface area contributed by atoms with E-state index in [-0.39, 0.29) is 0 Å². The average molecular weight is 147 g/mol. The third kappa shape index (κ3) is 4.79. The molecular weight excluding hydrogens is 130 g/mol. The van der Waals surface area contributed by atoms with Crippen LogP contribution in [0.1, 0.15) is 27.2 Å². The molecule has 0 radical (unpaired) electrons. The molecule has 0 aromatic heterocycles. The minimum Gasteiger partial charge on any atom is -0.319 e. The fourth-order valence-electron chi connectivity index (χ4n) is 0.446. The van der Waals surface area contributed by atoms with Crippen molar-refractivity contribution in [3.8, 4) is 0 Å². The van der Waals surface area contributed by atoms with Gasteiger partial charge in [-0.2, -0.15) is 0 Å². The normalized spacial score (nSPS) is 14.3. The summed E-state index contributed by atoms with van der Waals surface area (Å²) in [5.74, 6) is 1.81. The van der Waals surface area contributed by atoms with E-state index in [0.717, 1.165) is 0 Å². The van der Waals surface area contributed by atoms with Crippen molar-refractivity contribution in [2.45, 2.75) is 32.6 Å². The van der Waals surface area contributed by atoms with Crippen LogP contribution in [0.25, 0.3) is 0 Å². The molecule has 0 aromatic rings. The molecule has 0 saturated heterocycles. The monoisotopic (exact) mass is 147 g/mol. The minimum atomic E-state index is 0.338. The van der Waals surface area contributed by atoms with Gasteiger partial charge in [0.1, 0.15) is 0 Å². The Morgan fingerprint density at radius 3 is 2.33 bits per heavy atom. The Hall–Kier alpha value is 0.310. The van der Waals surface area contributed by atoms with Crippen molar-refractivity contribution in [1.82, 2.24) is 0 Å². The summed E-state index contributed by atoms with van der Waals surface area (Å²) >= 11 is 1.86. The van der Waals surface area contributed by atoms with Crippen LogP contribution in [-0.2, 0) is 0 Å². The fourth-order valence-corrected chi connectivity index (χ4v) is 1.34. The highest BCUT2D eigenvalue weighted by atomic mass is 32.2. The zero-order chi connectivity index (χ0) is 7.28. The van der Waals surface area contributed by atoms with Crippen molar-refractivity contribution in [2.75, 3.05) is 5.75 Å². The summed E-state index contributed by atoms with van der Waals surface area (Å²) < 4.78 is 0. The van der Waals surface area contributed by atoms with Crippen LogP contribution in [0.3, 0.4) is 0 Å². The fraction of sp³-hybridized carbons (Fsp3) is 1.00. The Balaban J connectivity index is 3.16. The molecule has 56 valence electrons. The summed E-state index contributed by atoms with van der Waals surface area (Å²) in [7, 11) is 0. The van der Waals surface area contributed by atoms with Gasteiger partial charge in [0.25, 0.3) is 0 Å². The highest BCUT2D eigenvalue weighted by Crippen LogP contribution is 2.14. The maximum absolute atomic E-state index is 5.77. The standard InChI is InChI=1S/C7H17NS/c1-4-5-9-7(8)6(2)3/h6-7H,4-5,8H2,1-3H3. The molecule has 0 rings (SSSR count). The lowest BCUT2D eigenvalue weighted by Gasteiger charge is -2.13. The minimum absolute atomic E-state index is 0.338. The average Bonchev–Trinajstić information content (AvgIpc) is 1.82. The van der Waals surface area contributed by atoms with E-state index < -0.39 is 0 Å². The van der Waals surface area contributed by atoms with E-state index in [2.05, 4.69) is 20.8 Å². The molecule has 0 amide bonds. The van der Waals surface area contributed by atoms with Crippen molar-refractivity contribution < 1.29 is 0 Å².